The largest absolute Gasteiger partial charge is 0.494 e. The number of carbonyl (C=O) groups is 1. The van der Waals surface area contributed by atoms with Crippen molar-refractivity contribution in [1.29, 1.82) is 0 Å². The molecule has 0 aliphatic rings. The lowest BCUT2D eigenvalue weighted by molar-refractivity contribution is 0.0977. The number of amides is 1. The van der Waals surface area contributed by atoms with E-state index in [1.807, 2.05) is 75.4 Å². The summed E-state index contributed by atoms with van der Waals surface area (Å²) in [6.45, 7) is 6.45. The highest BCUT2D eigenvalue weighted by atomic mass is 32.1. The first-order valence-corrected chi connectivity index (χ1v) is 10.6. The zero-order chi connectivity index (χ0) is 22.7. The van der Waals surface area contributed by atoms with E-state index in [4.69, 9.17) is 17.0 Å². The maximum Gasteiger partial charge on any atom is 0.257 e. The SMILES string of the molecule is CCOc1ccc(-n2nc3cc(C)c(NC(=S)NC(=O)c4cccc(C)c4)cc3n2)cc1. The van der Waals surface area contributed by atoms with Gasteiger partial charge in [-0.3, -0.25) is 10.1 Å². The number of nitrogens with zero attached hydrogens (tertiary/aromatic N) is 3. The average molecular weight is 446 g/mol. The summed E-state index contributed by atoms with van der Waals surface area (Å²) in [5.74, 6) is 0.544. The molecule has 4 aromatic rings. The molecule has 0 aliphatic carbocycles. The van der Waals surface area contributed by atoms with Crippen molar-refractivity contribution in [3.63, 3.8) is 0 Å². The fraction of sp³-hybridized carbons (Fsp3) is 0.167. The second-order valence-corrected chi connectivity index (χ2v) is 7.76. The van der Waals surface area contributed by atoms with Gasteiger partial charge in [-0.15, -0.1) is 10.2 Å². The van der Waals surface area contributed by atoms with Crippen LogP contribution in [0.1, 0.15) is 28.4 Å². The van der Waals surface area contributed by atoms with Crippen LogP contribution in [0.5, 0.6) is 5.75 Å². The number of rotatable bonds is 5. The van der Waals surface area contributed by atoms with Gasteiger partial charge in [0.25, 0.3) is 5.91 Å². The summed E-state index contributed by atoms with van der Waals surface area (Å²) in [6.07, 6.45) is 0. The Morgan fingerprint density at radius 3 is 2.44 bits per heavy atom. The lowest BCUT2D eigenvalue weighted by Gasteiger charge is -2.11. The van der Waals surface area contributed by atoms with Crippen LogP contribution in [0.15, 0.2) is 60.7 Å². The number of aromatic nitrogens is 3. The quantitative estimate of drug-likeness (QED) is 0.438. The topological polar surface area (TPSA) is 81.1 Å². The van der Waals surface area contributed by atoms with E-state index in [0.29, 0.717) is 17.7 Å². The van der Waals surface area contributed by atoms with Crippen molar-refractivity contribution in [3.8, 4) is 11.4 Å². The summed E-state index contributed by atoms with van der Waals surface area (Å²) in [7, 11) is 0. The van der Waals surface area contributed by atoms with E-state index in [-0.39, 0.29) is 11.0 Å². The second kappa shape index (κ2) is 9.15. The van der Waals surface area contributed by atoms with Crippen LogP contribution in [-0.2, 0) is 0 Å². The predicted octanol–water partition coefficient (Wildman–Crippen LogP) is 4.56. The number of carbonyl (C=O) groups excluding carboxylic acids is 1. The predicted molar refractivity (Wildman–Crippen MR) is 130 cm³/mol. The van der Waals surface area contributed by atoms with Gasteiger partial charge in [-0.05, 0) is 87.1 Å². The minimum atomic E-state index is -0.258. The minimum absolute atomic E-state index is 0.220. The van der Waals surface area contributed by atoms with Crippen molar-refractivity contribution < 1.29 is 9.53 Å². The van der Waals surface area contributed by atoms with Crippen molar-refractivity contribution in [2.45, 2.75) is 20.8 Å². The molecule has 2 N–H and O–H groups in total. The van der Waals surface area contributed by atoms with Gasteiger partial charge in [-0.25, -0.2) is 0 Å². The number of thiocarbonyl (C=S) groups is 1. The Hall–Kier alpha value is -3.78. The highest BCUT2D eigenvalue weighted by Crippen LogP contribution is 2.23. The van der Waals surface area contributed by atoms with Gasteiger partial charge in [0.05, 0.1) is 12.3 Å². The van der Waals surface area contributed by atoms with Crippen LogP contribution >= 0.6 is 12.2 Å². The smallest absolute Gasteiger partial charge is 0.257 e. The maximum atomic E-state index is 12.4. The van der Waals surface area contributed by atoms with Crippen LogP contribution in [0.2, 0.25) is 0 Å². The van der Waals surface area contributed by atoms with Crippen LogP contribution in [0.4, 0.5) is 5.69 Å². The molecule has 0 saturated carbocycles. The number of ether oxygens (including phenoxy) is 1. The minimum Gasteiger partial charge on any atom is -0.494 e. The molecule has 32 heavy (non-hydrogen) atoms. The van der Waals surface area contributed by atoms with Crippen molar-refractivity contribution >= 4 is 40.0 Å². The number of aryl methyl sites for hydroxylation is 2. The summed E-state index contributed by atoms with van der Waals surface area (Å²) in [5.41, 5.74) is 5.55. The zero-order valence-corrected chi connectivity index (χ0v) is 18.9. The first-order valence-electron chi connectivity index (χ1n) is 10.2. The molecule has 0 fully saturated rings. The zero-order valence-electron chi connectivity index (χ0n) is 18.0. The fourth-order valence-corrected chi connectivity index (χ4v) is 3.48. The number of nitrogens with one attached hydrogen (secondary N) is 2. The maximum absolute atomic E-state index is 12.4. The van der Waals surface area contributed by atoms with Crippen molar-refractivity contribution in [2.24, 2.45) is 0 Å². The third kappa shape index (κ3) is 4.76. The van der Waals surface area contributed by atoms with E-state index in [2.05, 4.69) is 20.8 Å². The van der Waals surface area contributed by atoms with Gasteiger partial charge in [0.2, 0.25) is 0 Å². The highest BCUT2D eigenvalue weighted by molar-refractivity contribution is 7.80. The molecule has 1 amide bonds. The van der Waals surface area contributed by atoms with E-state index in [1.165, 1.54) is 0 Å². The van der Waals surface area contributed by atoms with Gasteiger partial charge in [0.15, 0.2) is 5.11 Å². The van der Waals surface area contributed by atoms with Gasteiger partial charge in [-0.2, -0.15) is 4.80 Å². The first kappa shape index (κ1) is 21.5. The Labute approximate surface area is 191 Å². The molecule has 0 unspecified atom stereocenters. The fourth-order valence-electron chi connectivity index (χ4n) is 3.28. The number of anilines is 1. The molecule has 0 spiro atoms. The molecule has 0 atom stereocenters. The van der Waals surface area contributed by atoms with E-state index < -0.39 is 0 Å². The molecule has 1 heterocycles. The van der Waals surface area contributed by atoms with Gasteiger partial charge < -0.3 is 10.1 Å². The van der Waals surface area contributed by atoms with Crippen LogP contribution < -0.4 is 15.4 Å². The number of fused-ring (bicyclic) bond motifs is 1. The van der Waals surface area contributed by atoms with Gasteiger partial charge in [0.1, 0.15) is 16.8 Å². The Bertz CT molecular complexity index is 1300. The average Bonchev–Trinajstić information content (AvgIpc) is 3.17. The summed E-state index contributed by atoms with van der Waals surface area (Å²) >= 11 is 5.35. The Morgan fingerprint density at radius 1 is 1.03 bits per heavy atom. The molecular weight excluding hydrogens is 422 g/mol. The highest BCUT2D eigenvalue weighted by Gasteiger charge is 2.12. The second-order valence-electron chi connectivity index (χ2n) is 7.35. The molecular formula is C24H23N5O2S. The van der Waals surface area contributed by atoms with E-state index in [0.717, 1.165) is 33.8 Å². The van der Waals surface area contributed by atoms with Crippen LogP contribution in [0.25, 0.3) is 16.7 Å². The van der Waals surface area contributed by atoms with Crippen LogP contribution in [0, 0.1) is 13.8 Å². The van der Waals surface area contributed by atoms with Gasteiger partial charge in [0, 0.05) is 11.3 Å². The Balaban J connectivity index is 1.51. The summed E-state index contributed by atoms with van der Waals surface area (Å²) in [6, 6.07) is 18.7. The van der Waals surface area contributed by atoms with Gasteiger partial charge in [-0.1, -0.05) is 17.7 Å². The number of hydrogen-bond acceptors (Lipinski definition) is 5. The van der Waals surface area contributed by atoms with Crippen molar-refractivity contribution in [1.82, 2.24) is 20.3 Å². The molecule has 0 radical (unpaired) electrons. The summed E-state index contributed by atoms with van der Waals surface area (Å²) in [4.78, 5) is 14.0. The Morgan fingerprint density at radius 2 is 1.75 bits per heavy atom. The van der Waals surface area contributed by atoms with Crippen LogP contribution in [0.3, 0.4) is 0 Å². The molecule has 3 aromatic carbocycles. The molecule has 0 saturated heterocycles. The van der Waals surface area contributed by atoms with E-state index >= 15 is 0 Å². The van der Waals surface area contributed by atoms with E-state index in [9.17, 15) is 4.79 Å². The monoisotopic (exact) mass is 445 g/mol. The lowest BCUT2D eigenvalue weighted by Crippen LogP contribution is -2.34. The molecule has 7 nitrogen and oxygen atoms in total. The first-order chi connectivity index (χ1) is 15.4. The summed E-state index contributed by atoms with van der Waals surface area (Å²) < 4.78 is 5.49. The van der Waals surface area contributed by atoms with Crippen LogP contribution in [-0.4, -0.2) is 32.6 Å². The van der Waals surface area contributed by atoms with E-state index in [1.54, 1.807) is 10.9 Å². The molecule has 8 heteroatoms. The van der Waals surface area contributed by atoms with Gasteiger partial charge >= 0.3 is 0 Å². The van der Waals surface area contributed by atoms with Crippen molar-refractivity contribution in [2.75, 3.05) is 11.9 Å². The molecule has 0 bridgehead atoms. The molecule has 4 rings (SSSR count). The lowest BCUT2D eigenvalue weighted by atomic mass is 10.1. The number of benzene rings is 3. The molecule has 162 valence electrons. The third-order valence-corrected chi connectivity index (χ3v) is 5.06. The van der Waals surface area contributed by atoms with Crippen molar-refractivity contribution in [3.05, 3.63) is 77.4 Å². The molecule has 1 aromatic heterocycles. The standard InChI is InChI=1S/C24H23N5O2S/c1-4-31-19-10-8-18(9-11-19)29-27-21-13-16(3)20(14-22(21)28-29)25-24(32)26-23(30)17-7-5-6-15(2)12-17/h5-14H,4H2,1-3H3,(H2,25,26,30,32). The Kier molecular flexibility index (Phi) is 6.13. The molecule has 0 aliphatic heterocycles. The normalized spacial score (nSPS) is 10.7. The number of hydrogen-bond donors (Lipinski definition) is 2. The third-order valence-electron chi connectivity index (χ3n) is 4.86. The summed E-state index contributed by atoms with van der Waals surface area (Å²) in [5, 5.41) is 15.2.